The number of anilines is 2. The van der Waals surface area contributed by atoms with Crippen LogP contribution in [-0.2, 0) is 9.59 Å². The van der Waals surface area contributed by atoms with Crippen LogP contribution in [0.25, 0.3) is 5.57 Å². The van der Waals surface area contributed by atoms with E-state index in [0.29, 0.717) is 37.0 Å². The van der Waals surface area contributed by atoms with Gasteiger partial charge in [-0.1, -0.05) is 6.07 Å². The summed E-state index contributed by atoms with van der Waals surface area (Å²) in [5, 5.41) is 1.80. The van der Waals surface area contributed by atoms with Crippen LogP contribution >= 0.6 is 11.3 Å². The van der Waals surface area contributed by atoms with Gasteiger partial charge < -0.3 is 9.80 Å². The molecule has 0 aliphatic carbocycles. The predicted molar refractivity (Wildman–Crippen MR) is 116 cm³/mol. The zero-order valence-electron chi connectivity index (χ0n) is 16.7. The summed E-state index contributed by atoms with van der Waals surface area (Å²) >= 11 is 1.31. The molecular formula is C22H17F2N5O2S. The molecule has 5 rings (SSSR count). The van der Waals surface area contributed by atoms with E-state index >= 15 is 0 Å². The molecule has 7 nitrogen and oxygen atoms in total. The lowest BCUT2D eigenvalue weighted by Gasteiger charge is -2.36. The molecule has 0 bridgehead atoms. The third-order valence-electron chi connectivity index (χ3n) is 5.41. The van der Waals surface area contributed by atoms with Gasteiger partial charge in [-0.2, -0.15) is 0 Å². The topological polar surface area (TPSA) is 69.6 Å². The summed E-state index contributed by atoms with van der Waals surface area (Å²) in [6, 6.07) is 7.98. The van der Waals surface area contributed by atoms with Gasteiger partial charge >= 0.3 is 0 Å². The van der Waals surface area contributed by atoms with E-state index < -0.39 is 23.4 Å². The largest absolute Gasteiger partial charge is 0.363 e. The molecule has 0 saturated carbocycles. The molecule has 2 amide bonds. The molecule has 1 saturated heterocycles. The van der Waals surface area contributed by atoms with E-state index in [4.69, 9.17) is 0 Å². The summed E-state index contributed by atoms with van der Waals surface area (Å²) in [5.41, 5.74) is 0.0215. The Kier molecular flexibility index (Phi) is 5.14. The molecular weight excluding hydrogens is 436 g/mol. The summed E-state index contributed by atoms with van der Waals surface area (Å²) in [5.74, 6) is -2.30. The maximum Gasteiger partial charge on any atom is 0.282 e. The molecule has 4 heterocycles. The minimum atomic E-state index is -0.842. The van der Waals surface area contributed by atoms with Crippen LogP contribution in [0.1, 0.15) is 4.88 Å². The van der Waals surface area contributed by atoms with Crippen LogP contribution < -0.4 is 9.80 Å². The van der Waals surface area contributed by atoms with Gasteiger partial charge in [0.05, 0.1) is 11.3 Å². The first-order chi connectivity index (χ1) is 15.5. The molecule has 10 heteroatoms. The van der Waals surface area contributed by atoms with E-state index in [-0.39, 0.29) is 17.0 Å². The summed E-state index contributed by atoms with van der Waals surface area (Å²) in [7, 11) is 0. The average molecular weight is 453 g/mol. The highest BCUT2D eigenvalue weighted by atomic mass is 32.1. The Morgan fingerprint density at radius 1 is 0.875 bits per heavy atom. The Bertz CT molecular complexity index is 1210. The minimum Gasteiger partial charge on any atom is -0.363 e. The summed E-state index contributed by atoms with van der Waals surface area (Å²) in [4.78, 5) is 40.4. The van der Waals surface area contributed by atoms with Crippen LogP contribution in [0.2, 0.25) is 0 Å². The number of carbonyl (C=O) groups is 2. The molecule has 1 fully saturated rings. The number of thiophene rings is 1. The fraction of sp³-hybridized carbons (Fsp3) is 0.182. The highest BCUT2D eigenvalue weighted by Crippen LogP contribution is 2.37. The molecule has 2 aromatic heterocycles. The van der Waals surface area contributed by atoms with Crippen molar-refractivity contribution in [2.45, 2.75) is 0 Å². The Morgan fingerprint density at radius 3 is 2.28 bits per heavy atom. The Morgan fingerprint density at radius 2 is 1.59 bits per heavy atom. The molecule has 2 aliphatic heterocycles. The molecule has 0 N–H and O–H groups in total. The van der Waals surface area contributed by atoms with E-state index in [1.807, 2.05) is 9.80 Å². The molecule has 3 aromatic rings. The zero-order chi connectivity index (χ0) is 22.2. The quantitative estimate of drug-likeness (QED) is 0.566. The molecule has 0 radical (unpaired) electrons. The van der Waals surface area contributed by atoms with E-state index in [2.05, 4.69) is 9.97 Å². The van der Waals surface area contributed by atoms with Crippen molar-refractivity contribution in [1.82, 2.24) is 14.9 Å². The number of nitrogens with zero attached hydrogens (tertiary/aromatic N) is 5. The van der Waals surface area contributed by atoms with Crippen molar-refractivity contribution < 1.29 is 18.4 Å². The lowest BCUT2D eigenvalue weighted by atomic mass is 10.1. The van der Waals surface area contributed by atoms with Crippen LogP contribution in [0.15, 0.2) is 59.9 Å². The minimum absolute atomic E-state index is 0.203. The van der Waals surface area contributed by atoms with Gasteiger partial charge in [0.2, 0.25) is 5.95 Å². The highest BCUT2D eigenvalue weighted by molar-refractivity contribution is 7.11. The number of amides is 2. The van der Waals surface area contributed by atoms with Crippen molar-refractivity contribution >= 4 is 40.4 Å². The number of rotatable bonds is 4. The number of carbonyl (C=O) groups excluding carboxylic acids is 2. The van der Waals surface area contributed by atoms with Gasteiger partial charge in [-0.15, -0.1) is 11.3 Å². The fourth-order valence-corrected chi connectivity index (χ4v) is 4.68. The first-order valence-electron chi connectivity index (χ1n) is 9.93. The van der Waals surface area contributed by atoms with Crippen LogP contribution in [0.5, 0.6) is 0 Å². The molecule has 32 heavy (non-hydrogen) atoms. The van der Waals surface area contributed by atoms with Crippen molar-refractivity contribution in [3.63, 3.8) is 0 Å². The van der Waals surface area contributed by atoms with Crippen molar-refractivity contribution in [2.75, 3.05) is 36.0 Å². The number of halogens is 2. The van der Waals surface area contributed by atoms with E-state index in [1.165, 1.54) is 11.3 Å². The third kappa shape index (κ3) is 3.42. The average Bonchev–Trinajstić information content (AvgIpc) is 3.42. The third-order valence-corrected chi connectivity index (χ3v) is 6.29. The van der Waals surface area contributed by atoms with Crippen LogP contribution in [0, 0.1) is 11.6 Å². The lowest BCUT2D eigenvalue weighted by molar-refractivity contribution is -0.120. The monoisotopic (exact) mass is 453 g/mol. The number of benzene rings is 1. The molecule has 2 aliphatic rings. The second-order valence-electron chi connectivity index (χ2n) is 7.27. The van der Waals surface area contributed by atoms with Gasteiger partial charge in [0, 0.05) is 49.5 Å². The predicted octanol–water partition coefficient (Wildman–Crippen LogP) is 2.92. The smallest absolute Gasteiger partial charge is 0.282 e. The van der Waals surface area contributed by atoms with Gasteiger partial charge in [-0.05, 0) is 29.6 Å². The fourth-order valence-electron chi connectivity index (χ4n) is 3.91. The van der Waals surface area contributed by atoms with Crippen LogP contribution in [0.3, 0.4) is 0 Å². The van der Waals surface area contributed by atoms with Gasteiger partial charge in [0.1, 0.15) is 17.3 Å². The first-order valence-corrected chi connectivity index (χ1v) is 10.8. The number of aromatic nitrogens is 2. The zero-order valence-corrected chi connectivity index (χ0v) is 17.6. The van der Waals surface area contributed by atoms with E-state index in [1.54, 1.807) is 36.0 Å². The van der Waals surface area contributed by atoms with Crippen LogP contribution in [0.4, 0.5) is 20.4 Å². The molecule has 162 valence electrons. The van der Waals surface area contributed by atoms with Crippen molar-refractivity contribution in [1.29, 1.82) is 0 Å². The standard InChI is InChI=1S/C22H17F2N5O2S/c23-14-4-5-15(24)16(13-14)29-20(30)18(17-3-1-12-32-17)19(21(29)31)27-8-10-28(11-9-27)22-25-6-2-7-26-22/h1-7,12-13H,8-11H2. The summed E-state index contributed by atoms with van der Waals surface area (Å²) < 4.78 is 28.3. The lowest BCUT2D eigenvalue weighted by Crippen LogP contribution is -2.48. The normalized spacial score (nSPS) is 17.0. The van der Waals surface area contributed by atoms with Crippen LogP contribution in [-0.4, -0.2) is 52.9 Å². The number of hydrogen-bond acceptors (Lipinski definition) is 7. The van der Waals surface area contributed by atoms with Gasteiger partial charge in [0.15, 0.2) is 0 Å². The Labute approximate surface area is 186 Å². The second-order valence-corrected chi connectivity index (χ2v) is 8.21. The van der Waals surface area contributed by atoms with Gasteiger partial charge in [-0.25, -0.2) is 23.6 Å². The number of hydrogen-bond donors (Lipinski definition) is 0. The van der Waals surface area contributed by atoms with E-state index in [0.717, 1.165) is 23.1 Å². The Balaban J connectivity index is 1.50. The molecule has 1 aromatic carbocycles. The molecule has 0 unspecified atom stereocenters. The van der Waals surface area contributed by atoms with Gasteiger partial charge in [-0.3, -0.25) is 9.59 Å². The van der Waals surface area contributed by atoms with Crippen molar-refractivity contribution in [2.24, 2.45) is 0 Å². The number of imide groups is 1. The maximum absolute atomic E-state index is 14.5. The van der Waals surface area contributed by atoms with Crippen molar-refractivity contribution in [3.8, 4) is 0 Å². The molecule has 0 atom stereocenters. The maximum atomic E-state index is 14.5. The highest BCUT2D eigenvalue weighted by Gasteiger charge is 2.44. The summed E-state index contributed by atoms with van der Waals surface area (Å²) in [6.45, 7) is 1.98. The first kappa shape index (κ1) is 20.3. The SMILES string of the molecule is O=C1C(c2cccs2)=C(N2CCN(c3ncccn3)CC2)C(=O)N1c1cc(F)ccc1F. The van der Waals surface area contributed by atoms with Crippen molar-refractivity contribution in [3.05, 3.63) is 76.4 Å². The summed E-state index contributed by atoms with van der Waals surface area (Å²) in [6.07, 6.45) is 3.33. The van der Waals surface area contributed by atoms with Gasteiger partial charge in [0.25, 0.3) is 11.8 Å². The molecule has 0 spiro atoms. The Hall–Kier alpha value is -3.66. The number of piperazine rings is 1. The second kappa shape index (κ2) is 8.12. The van der Waals surface area contributed by atoms with E-state index in [9.17, 15) is 18.4 Å².